The van der Waals surface area contributed by atoms with E-state index in [0.29, 0.717) is 11.6 Å². The fourth-order valence-corrected chi connectivity index (χ4v) is 2.02. The van der Waals surface area contributed by atoms with Crippen molar-refractivity contribution in [3.8, 4) is 5.69 Å². The molecule has 1 aromatic heterocycles. The number of carbonyl (C=O) groups is 1. The summed E-state index contributed by atoms with van der Waals surface area (Å²) in [6.45, 7) is 3.43. The predicted octanol–water partition coefficient (Wildman–Crippen LogP) is 3.18. The van der Waals surface area contributed by atoms with Crippen LogP contribution in [0.3, 0.4) is 0 Å². The van der Waals surface area contributed by atoms with Gasteiger partial charge >= 0.3 is 5.97 Å². The molecule has 0 radical (unpaired) electrons. The number of hydrogen-bond acceptors (Lipinski definition) is 2. The van der Waals surface area contributed by atoms with Crippen LogP contribution in [0.25, 0.3) is 5.69 Å². The molecule has 2 aromatic rings. The van der Waals surface area contributed by atoms with E-state index in [1.54, 1.807) is 30.8 Å². The molecule has 0 unspecified atom stereocenters. The smallest absolute Gasteiger partial charge is 0.309 e. The van der Waals surface area contributed by atoms with Crippen LogP contribution in [-0.4, -0.2) is 20.9 Å². The summed E-state index contributed by atoms with van der Waals surface area (Å²) in [7, 11) is 0. The zero-order valence-corrected chi connectivity index (χ0v) is 11.6. The second kappa shape index (κ2) is 5.05. The first-order chi connectivity index (χ1) is 8.90. The number of hydrogen-bond donors (Lipinski definition) is 1. The summed E-state index contributed by atoms with van der Waals surface area (Å²) >= 11 is 5.98. The van der Waals surface area contributed by atoms with Gasteiger partial charge in [-0.3, -0.25) is 4.79 Å². The number of carboxylic acids is 1. The van der Waals surface area contributed by atoms with Crippen molar-refractivity contribution in [2.24, 2.45) is 5.41 Å². The maximum Gasteiger partial charge on any atom is 0.309 e. The van der Waals surface area contributed by atoms with Crippen LogP contribution in [0.5, 0.6) is 0 Å². The van der Waals surface area contributed by atoms with Gasteiger partial charge in [0.2, 0.25) is 0 Å². The third-order valence-electron chi connectivity index (χ3n) is 3.00. The highest BCUT2D eigenvalue weighted by molar-refractivity contribution is 6.29. The lowest BCUT2D eigenvalue weighted by Crippen LogP contribution is -2.26. The molecule has 0 aliphatic carbocycles. The standard InChI is InChI=1S/C14H15ClN2O2/c1-14(2,13(18)19)9-10-3-5-11(6-4-10)17-12(15)7-8-16-17/h3-8H,9H2,1-2H3,(H,18,19). The van der Waals surface area contributed by atoms with Crippen LogP contribution in [-0.2, 0) is 11.2 Å². The van der Waals surface area contributed by atoms with Crippen molar-refractivity contribution >= 4 is 17.6 Å². The van der Waals surface area contributed by atoms with E-state index >= 15 is 0 Å². The lowest BCUT2D eigenvalue weighted by Gasteiger charge is -2.19. The van der Waals surface area contributed by atoms with Crippen molar-refractivity contribution in [3.63, 3.8) is 0 Å². The van der Waals surface area contributed by atoms with E-state index in [1.807, 2.05) is 24.3 Å². The van der Waals surface area contributed by atoms with Gasteiger partial charge in [0.1, 0.15) is 5.15 Å². The van der Waals surface area contributed by atoms with Gasteiger partial charge in [-0.05, 0) is 44.0 Å². The molecule has 0 bridgehead atoms. The van der Waals surface area contributed by atoms with Crippen LogP contribution < -0.4 is 0 Å². The molecule has 0 saturated carbocycles. The Morgan fingerprint density at radius 2 is 1.95 bits per heavy atom. The minimum absolute atomic E-state index is 0.482. The van der Waals surface area contributed by atoms with Crippen LogP contribution in [0, 0.1) is 5.41 Å². The molecule has 0 aliphatic rings. The van der Waals surface area contributed by atoms with Crippen LogP contribution in [0.4, 0.5) is 0 Å². The summed E-state index contributed by atoms with van der Waals surface area (Å²) in [6.07, 6.45) is 2.11. The van der Waals surface area contributed by atoms with Crippen LogP contribution in [0.1, 0.15) is 19.4 Å². The maximum atomic E-state index is 11.1. The summed E-state index contributed by atoms with van der Waals surface area (Å²) in [5.41, 5.74) is 1.05. The third kappa shape index (κ3) is 2.96. The van der Waals surface area contributed by atoms with Crippen molar-refractivity contribution in [2.45, 2.75) is 20.3 Å². The molecule has 0 aliphatic heterocycles. The molecular weight excluding hydrogens is 264 g/mol. The fraction of sp³-hybridized carbons (Fsp3) is 0.286. The Morgan fingerprint density at radius 3 is 2.42 bits per heavy atom. The van der Waals surface area contributed by atoms with Crippen molar-refractivity contribution in [2.75, 3.05) is 0 Å². The summed E-state index contributed by atoms with van der Waals surface area (Å²) in [4.78, 5) is 11.1. The maximum absolute atomic E-state index is 11.1. The average molecular weight is 279 g/mol. The number of aromatic nitrogens is 2. The molecule has 0 spiro atoms. The Bertz CT molecular complexity index is 588. The molecule has 19 heavy (non-hydrogen) atoms. The molecule has 1 heterocycles. The minimum atomic E-state index is -0.799. The van der Waals surface area contributed by atoms with Crippen molar-refractivity contribution in [3.05, 3.63) is 47.2 Å². The molecule has 0 fully saturated rings. The molecule has 2 rings (SSSR count). The molecule has 5 heteroatoms. The van der Waals surface area contributed by atoms with E-state index in [1.165, 1.54) is 0 Å². The van der Waals surface area contributed by atoms with Gasteiger partial charge in [-0.15, -0.1) is 0 Å². The van der Waals surface area contributed by atoms with E-state index in [4.69, 9.17) is 16.7 Å². The summed E-state index contributed by atoms with van der Waals surface area (Å²) < 4.78 is 1.62. The van der Waals surface area contributed by atoms with Crippen LogP contribution in [0.15, 0.2) is 36.5 Å². The molecule has 0 saturated heterocycles. The number of rotatable bonds is 4. The molecular formula is C14H15ClN2O2. The SMILES string of the molecule is CC(C)(Cc1ccc(-n2nccc2Cl)cc1)C(=O)O. The van der Waals surface area contributed by atoms with Gasteiger partial charge in [-0.1, -0.05) is 23.7 Å². The Morgan fingerprint density at radius 1 is 1.32 bits per heavy atom. The first kappa shape index (κ1) is 13.6. The van der Waals surface area contributed by atoms with Gasteiger partial charge in [0.15, 0.2) is 0 Å². The normalized spacial score (nSPS) is 11.5. The van der Waals surface area contributed by atoms with Gasteiger partial charge in [0.25, 0.3) is 0 Å². The third-order valence-corrected chi connectivity index (χ3v) is 3.29. The highest BCUT2D eigenvalue weighted by atomic mass is 35.5. The Kier molecular flexibility index (Phi) is 3.62. The Hall–Kier alpha value is -1.81. The number of halogens is 1. The molecule has 0 atom stereocenters. The monoisotopic (exact) mass is 278 g/mol. The van der Waals surface area contributed by atoms with Gasteiger partial charge < -0.3 is 5.11 Å². The number of benzene rings is 1. The first-order valence-electron chi connectivity index (χ1n) is 5.92. The van der Waals surface area contributed by atoms with E-state index in [-0.39, 0.29) is 0 Å². The van der Waals surface area contributed by atoms with Gasteiger partial charge in [0.05, 0.1) is 17.3 Å². The summed E-state index contributed by atoms with van der Waals surface area (Å²) in [5.74, 6) is -0.799. The zero-order valence-electron chi connectivity index (χ0n) is 10.8. The first-order valence-corrected chi connectivity index (χ1v) is 6.30. The van der Waals surface area contributed by atoms with Crippen molar-refractivity contribution in [1.82, 2.24) is 9.78 Å². The highest BCUT2D eigenvalue weighted by Gasteiger charge is 2.27. The van der Waals surface area contributed by atoms with Crippen LogP contribution >= 0.6 is 11.6 Å². The van der Waals surface area contributed by atoms with Crippen molar-refractivity contribution < 1.29 is 9.90 Å². The van der Waals surface area contributed by atoms with Gasteiger partial charge in [0, 0.05) is 0 Å². The fourth-order valence-electron chi connectivity index (χ4n) is 1.82. The van der Waals surface area contributed by atoms with E-state index in [0.717, 1.165) is 11.3 Å². The molecule has 100 valence electrons. The number of nitrogens with zero attached hydrogens (tertiary/aromatic N) is 2. The quantitative estimate of drug-likeness (QED) is 0.934. The zero-order chi connectivity index (χ0) is 14.0. The second-order valence-corrected chi connectivity index (χ2v) is 5.49. The lowest BCUT2D eigenvalue weighted by molar-refractivity contribution is -0.146. The van der Waals surface area contributed by atoms with E-state index < -0.39 is 11.4 Å². The Balaban J connectivity index is 2.20. The summed E-state index contributed by atoms with van der Waals surface area (Å²) in [6, 6.07) is 9.28. The summed E-state index contributed by atoms with van der Waals surface area (Å²) in [5, 5.41) is 13.8. The van der Waals surface area contributed by atoms with Crippen molar-refractivity contribution in [1.29, 1.82) is 0 Å². The average Bonchev–Trinajstić information content (AvgIpc) is 2.76. The predicted molar refractivity (Wildman–Crippen MR) is 73.7 cm³/mol. The van der Waals surface area contributed by atoms with Gasteiger partial charge in [-0.2, -0.15) is 5.10 Å². The highest BCUT2D eigenvalue weighted by Crippen LogP contribution is 2.23. The number of aliphatic carboxylic acids is 1. The lowest BCUT2D eigenvalue weighted by atomic mass is 9.86. The van der Waals surface area contributed by atoms with Crippen LogP contribution in [0.2, 0.25) is 5.15 Å². The Labute approximate surface area is 116 Å². The second-order valence-electron chi connectivity index (χ2n) is 5.10. The molecule has 0 amide bonds. The molecule has 1 aromatic carbocycles. The van der Waals surface area contributed by atoms with Gasteiger partial charge in [-0.25, -0.2) is 4.68 Å². The topological polar surface area (TPSA) is 55.1 Å². The minimum Gasteiger partial charge on any atom is -0.481 e. The largest absolute Gasteiger partial charge is 0.481 e. The van der Waals surface area contributed by atoms with E-state index in [9.17, 15) is 4.79 Å². The molecule has 4 nitrogen and oxygen atoms in total. The number of carboxylic acid groups (broad SMARTS) is 1. The molecule has 1 N–H and O–H groups in total. The van der Waals surface area contributed by atoms with E-state index in [2.05, 4.69) is 5.10 Å².